The summed E-state index contributed by atoms with van der Waals surface area (Å²) in [5.41, 5.74) is 0.0580. The zero-order chi connectivity index (χ0) is 21.5. The molecule has 0 radical (unpaired) electrons. The lowest BCUT2D eigenvalue weighted by atomic mass is 10.2. The highest BCUT2D eigenvalue weighted by Crippen LogP contribution is 2.19. The fourth-order valence-corrected chi connectivity index (χ4v) is 4.98. The Morgan fingerprint density at radius 1 is 1.13 bits per heavy atom. The number of sulfonamides is 1. The standard InChI is InChI=1S/C20H22N4O5S/c1-14-21-19(13-22(14)2)30(27,28)24-9-5-8-23(10-11-24)20(26)18-12-16(25)15-6-3-4-7-17(15)29-18/h3-4,6-7,12-13H,5,8-11H2,1-2H3. The van der Waals surface area contributed by atoms with Crippen LogP contribution < -0.4 is 5.43 Å². The fraction of sp³-hybridized carbons (Fsp3) is 0.350. The highest BCUT2D eigenvalue weighted by molar-refractivity contribution is 7.89. The van der Waals surface area contributed by atoms with Crippen LogP contribution in [0.2, 0.25) is 0 Å². The smallest absolute Gasteiger partial charge is 0.289 e. The van der Waals surface area contributed by atoms with Gasteiger partial charge in [-0.3, -0.25) is 9.59 Å². The predicted molar refractivity (Wildman–Crippen MR) is 110 cm³/mol. The minimum Gasteiger partial charge on any atom is -0.451 e. The summed E-state index contributed by atoms with van der Waals surface area (Å²) >= 11 is 0. The number of benzene rings is 1. The molecule has 1 saturated heterocycles. The average Bonchev–Trinajstić information content (AvgIpc) is 2.93. The third kappa shape index (κ3) is 3.63. The number of fused-ring (bicyclic) bond motifs is 1. The summed E-state index contributed by atoms with van der Waals surface area (Å²) < 4.78 is 34.5. The molecular formula is C20H22N4O5S. The molecule has 0 aliphatic carbocycles. The van der Waals surface area contributed by atoms with Crippen LogP contribution in [0.5, 0.6) is 0 Å². The van der Waals surface area contributed by atoms with Gasteiger partial charge in [0.25, 0.3) is 15.9 Å². The molecule has 1 aliphatic rings. The number of imidazole rings is 1. The van der Waals surface area contributed by atoms with Crippen molar-refractivity contribution in [1.82, 2.24) is 18.8 Å². The molecule has 0 unspecified atom stereocenters. The maximum Gasteiger partial charge on any atom is 0.289 e. The Morgan fingerprint density at radius 2 is 1.90 bits per heavy atom. The van der Waals surface area contributed by atoms with Crippen molar-refractivity contribution in [3.05, 3.63) is 58.3 Å². The monoisotopic (exact) mass is 430 g/mol. The molecule has 1 aliphatic heterocycles. The first kappa shape index (κ1) is 20.3. The maximum atomic E-state index is 12.9. The first-order valence-corrected chi connectivity index (χ1v) is 11.0. The van der Waals surface area contributed by atoms with E-state index in [1.807, 2.05) is 0 Å². The highest BCUT2D eigenvalue weighted by atomic mass is 32.2. The second-order valence-electron chi connectivity index (χ2n) is 7.26. The number of carbonyl (C=O) groups is 1. The Balaban J connectivity index is 1.54. The van der Waals surface area contributed by atoms with Gasteiger partial charge in [-0.1, -0.05) is 12.1 Å². The van der Waals surface area contributed by atoms with Crippen molar-refractivity contribution in [2.75, 3.05) is 26.2 Å². The lowest BCUT2D eigenvalue weighted by Gasteiger charge is -2.21. The van der Waals surface area contributed by atoms with E-state index >= 15 is 0 Å². The van der Waals surface area contributed by atoms with E-state index in [9.17, 15) is 18.0 Å². The topological polar surface area (TPSA) is 106 Å². The molecule has 4 rings (SSSR count). The minimum atomic E-state index is -3.75. The number of hydrogen-bond donors (Lipinski definition) is 0. The van der Waals surface area contributed by atoms with Crippen LogP contribution in [0.1, 0.15) is 22.8 Å². The summed E-state index contributed by atoms with van der Waals surface area (Å²) in [5, 5.41) is 0.413. The summed E-state index contributed by atoms with van der Waals surface area (Å²) in [6.45, 7) is 2.72. The zero-order valence-electron chi connectivity index (χ0n) is 16.7. The van der Waals surface area contributed by atoms with Crippen molar-refractivity contribution >= 4 is 26.9 Å². The summed E-state index contributed by atoms with van der Waals surface area (Å²) in [4.78, 5) is 30.9. The van der Waals surface area contributed by atoms with E-state index in [-0.39, 0.29) is 35.8 Å². The van der Waals surface area contributed by atoms with Crippen LogP contribution in [0, 0.1) is 6.92 Å². The Bertz CT molecular complexity index is 1260. The molecule has 3 aromatic rings. The lowest BCUT2D eigenvalue weighted by molar-refractivity contribution is 0.0733. The van der Waals surface area contributed by atoms with Crippen molar-refractivity contribution in [2.45, 2.75) is 18.4 Å². The maximum absolute atomic E-state index is 12.9. The van der Waals surface area contributed by atoms with E-state index < -0.39 is 15.9 Å². The molecule has 0 atom stereocenters. The Labute approximate surface area is 173 Å². The van der Waals surface area contributed by atoms with Gasteiger partial charge in [0.1, 0.15) is 11.4 Å². The molecule has 1 aromatic carbocycles. The van der Waals surface area contributed by atoms with Crippen LogP contribution in [-0.4, -0.2) is 59.3 Å². The largest absolute Gasteiger partial charge is 0.451 e. The Morgan fingerprint density at radius 3 is 2.63 bits per heavy atom. The highest BCUT2D eigenvalue weighted by Gasteiger charge is 2.31. The lowest BCUT2D eigenvalue weighted by Crippen LogP contribution is -2.37. The molecule has 9 nitrogen and oxygen atoms in total. The van der Waals surface area contributed by atoms with Crippen molar-refractivity contribution < 1.29 is 17.6 Å². The number of aryl methyl sites for hydroxylation is 2. The Kier molecular flexibility index (Phi) is 5.20. The zero-order valence-corrected chi connectivity index (χ0v) is 17.6. The van der Waals surface area contributed by atoms with E-state index in [0.29, 0.717) is 29.8 Å². The second kappa shape index (κ2) is 7.69. The van der Waals surface area contributed by atoms with Gasteiger partial charge in [-0.15, -0.1) is 0 Å². The van der Waals surface area contributed by atoms with Gasteiger partial charge >= 0.3 is 0 Å². The van der Waals surface area contributed by atoms with Crippen molar-refractivity contribution in [2.24, 2.45) is 7.05 Å². The molecular weight excluding hydrogens is 408 g/mol. The van der Waals surface area contributed by atoms with Gasteiger partial charge in [0.2, 0.25) is 0 Å². The molecule has 158 valence electrons. The number of amides is 1. The van der Waals surface area contributed by atoms with Crippen LogP contribution >= 0.6 is 0 Å². The SMILES string of the molecule is Cc1nc(S(=O)(=O)N2CCCN(C(=O)c3cc(=O)c4ccccc4o3)CC2)cn1C. The molecule has 0 spiro atoms. The molecule has 0 N–H and O–H groups in total. The first-order chi connectivity index (χ1) is 14.3. The average molecular weight is 430 g/mol. The van der Waals surface area contributed by atoms with Crippen LogP contribution in [0.4, 0.5) is 0 Å². The molecule has 1 amide bonds. The van der Waals surface area contributed by atoms with E-state index in [4.69, 9.17) is 4.42 Å². The number of rotatable bonds is 3. The van der Waals surface area contributed by atoms with Crippen LogP contribution in [0.15, 0.2) is 50.8 Å². The van der Waals surface area contributed by atoms with Crippen molar-refractivity contribution in [3.63, 3.8) is 0 Å². The number of nitrogens with zero attached hydrogens (tertiary/aromatic N) is 4. The van der Waals surface area contributed by atoms with Crippen LogP contribution in [0.3, 0.4) is 0 Å². The summed E-state index contributed by atoms with van der Waals surface area (Å²) in [6.07, 6.45) is 1.96. The van der Waals surface area contributed by atoms with Gasteiger partial charge in [-0.25, -0.2) is 13.4 Å². The van der Waals surface area contributed by atoms with Gasteiger partial charge < -0.3 is 13.9 Å². The Hall–Kier alpha value is -2.98. The van der Waals surface area contributed by atoms with Crippen LogP contribution in [-0.2, 0) is 17.1 Å². The van der Waals surface area contributed by atoms with Crippen molar-refractivity contribution in [1.29, 1.82) is 0 Å². The third-order valence-corrected chi connectivity index (χ3v) is 7.05. The predicted octanol–water partition coefficient (Wildman–Crippen LogP) is 1.37. The van der Waals surface area contributed by atoms with Gasteiger partial charge in [0.15, 0.2) is 16.2 Å². The summed E-state index contributed by atoms with van der Waals surface area (Å²) in [7, 11) is -2.01. The fourth-order valence-electron chi connectivity index (χ4n) is 3.49. The number of hydrogen-bond acceptors (Lipinski definition) is 6. The van der Waals surface area contributed by atoms with Gasteiger partial charge in [-0.05, 0) is 25.5 Å². The van der Waals surface area contributed by atoms with E-state index in [1.54, 1.807) is 42.8 Å². The summed E-state index contributed by atoms with van der Waals surface area (Å²) in [6, 6.07) is 7.93. The molecule has 2 aromatic heterocycles. The molecule has 1 fully saturated rings. The molecule has 10 heteroatoms. The third-order valence-electron chi connectivity index (χ3n) is 5.28. The van der Waals surface area contributed by atoms with E-state index in [2.05, 4.69) is 4.98 Å². The molecule has 3 heterocycles. The summed E-state index contributed by atoms with van der Waals surface area (Å²) in [5.74, 6) is 0.132. The number of aromatic nitrogens is 2. The van der Waals surface area contributed by atoms with E-state index in [1.165, 1.54) is 21.5 Å². The number of carbonyl (C=O) groups excluding carboxylic acids is 1. The van der Waals surface area contributed by atoms with Gasteiger partial charge in [0, 0.05) is 45.5 Å². The van der Waals surface area contributed by atoms with Gasteiger partial charge in [-0.2, -0.15) is 4.31 Å². The second-order valence-corrected chi connectivity index (χ2v) is 9.14. The van der Waals surface area contributed by atoms with Gasteiger partial charge in [0.05, 0.1) is 5.39 Å². The molecule has 0 bridgehead atoms. The molecule has 30 heavy (non-hydrogen) atoms. The number of para-hydroxylation sites is 1. The quantitative estimate of drug-likeness (QED) is 0.621. The molecule has 0 saturated carbocycles. The minimum absolute atomic E-state index is 0.00259. The van der Waals surface area contributed by atoms with Crippen LogP contribution in [0.25, 0.3) is 11.0 Å². The first-order valence-electron chi connectivity index (χ1n) is 9.59. The van der Waals surface area contributed by atoms with E-state index in [0.717, 1.165) is 0 Å². The van der Waals surface area contributed by atoms with Crippen molar-refractivity contribution in [3.8, 4) is 0 Å². The normalized spacial score (nSPS) is 16.0.